The van der Waals surface area contributed by atoms with Gasteiger partial charge < -0.3 is 0 Å². The van der Waals surface area contributed by atoms with Crippen LogP contribution in [0.25, 0.3) is 0 Å². The zero-order chi connectivity index (χ0) is 8.81. The molecule has 0 amide bonds. The minimum Gasteiger partial charge on any atom is -0.263 e. The molecule has 63 valence electrons. The lowest BCUT2D eigenvalue weighted by Crippen LogP contribution is -1.89. The van der Waals surface area contributed by atoms with Gasteiger partial charge in [0.25, 0.3) is 0 Å². The van der Waals surface area contributed by atoms with Gasteiger partial charge in [0.2, 0.25) is 0 Å². The van der Waals surface area contributed by atoms with Gasteiger partial charge in [-0.25, -0.2) is 0 Å². The van der Waals surface area contributed by atoms with Crippen LogP contribution in [0.4, 0.5) is 0 Å². The third kappa shape index (κ3) is 3.39. The summed E-state index contributed by atoms with van der Waals surface area (Å²) in [4.78, 5) is 9.48. The average molecular weight is 182 g/mol. The van der Waals surface area contributed by atoms with Crippen molar-refractivity contribution >= 4 is 11.8 Å². The highest BCUT2D eigenvalue weighted by atomic mass is 32.2. The number of nitrogens with zero attached hydrogens (tertiary/aromatic N) is 1. The molecule has 0 aromatic heterocycles. The molecule has 1 rings (SSSR count). The van der Waals surface area contributed by atoms with E-state index in [4.69, 9.17) is 0 Å². The Hall–Kier alpha value is -1.03. The fraction of sp³-hybridized carbons (Fsp3) is 0.125. The minimum absolute atomic E-state index is 0.437. The molecule has 0 aliphatic heterocycles. The van der Waals surface area contributed by atoms with Crippen molar-refractivity contribution in [2.45, 2.75) is 5.75 Å². The van der Waals surface area contributed by atoms with Gasteiger partial charge in [-0.3, -0.25) is 10.1 Å². The fourth-order valence-electron chi connectivity index (χ4n) is 0.769. The van der Waals surface area contributed by atoms with E-state index in [0.717, 1.165) is 11.4 Å². The number of benzene rings is 1. The molecule has 1 aromatic carbocycles. The van der Waals surface area contributed by atoms with E-state index in [0.29, 0.717) is 5.75 Å². The van der Waals surface area contributed by atoms with Crippen LogP contribution in [0.3, 0.4) is 0 Å². The van der Waals surface area contributed by atoms with Gasteiger partial charge in [-0.05, 0) is 5.56 Å². The van der Waals surface area contributed by atoms with Gasteiger partial charge in [0.1, 0.15) is 0 Å². The summed E-state index contributed by atoms with van der Waals surface area (Å²) < 4.78 is 0. The molecule has 0 fully saturated rings. The number of rotatable bonds is 4. The van der Waals surface area contributed by atoms with Gasteiger partial charge in [0, 0.05) is 10.7 Å². The van der Waals surface area contributed by atoms with Crippen LogP contribution in [0.2, 0.25) is 0 Å². The summed E-state index contributed by atoms with van der Waals surface area (Å²) in [7, 11) is 0. The fourth-order valence-corrected chi connectivity index (χ4v) is 1.35. The Bertz CT molecular complexity index is 250. The van der Waals surface area contributed by atoms with Crippen LogP contribution in [0.15, 0.2) is 30.3 Å². The van der Waals surface area contributed by atoms with Crippen molar-refractivity contribution in [3.63, 3.8) is 0 Å². The van der Waals surface area contributed by atoms with Crippen molar-refractivity contribution in [3.8, 4) is 0 Å². The maximum Gasteiger partial charge on any atom is 0.334 e. The predicted octanol–water partition coefficient (Wildman–Crippen LogP) is 2.32. The standard InChI is InChI=1S/C8H8NO2S/c10-9(11)7-12-6-8-4-2-1-3-5-8/h1-5,7H,6H2. The van der Waals surface area contributed by atoms with Gasteiger partial charge in [-0.2, -0.15) is 0 Å². The molecule has 0 heterocycles. The summed E-state index contributed by atoms with van der Waals surface area (Å²) in [6.45, 7) is 0. The molecule has 1 radical (unpaired) electrons. The lowest BCUT2D eigenvalue weighted by Gasteiger charge is -1.95. The topological polar surface area (TPSA) is 43.1 Å². The molecule has 0 saturated heterocycles. The summed E-state index contributed by atoms with van der Waals surface area (Å²) in [5.41, 5.74) is 1.10. The number of hydrogen-bond donors (Lipinski definition) is 0. The van der Waals surface area contributed by atoms with Crippen molar-refractivity contribution in [1.82, 2.24) is 0 Å². The molecule has 3 nitrogen and oxygen atoms in total. The van der Waals surface area contributed by atoms with Gasteiger partial charge in [-0.15, -0.1) is 0 Å². The molecular weight excluding hydrogens is 174 g/mol. The molecule has 0 unspecified atom stereocenters. The third-order valence-electron chi connectivity index (χ3n) is 1.25. The summed E-state index contributed by atoms with van der Waals surface area (Å²) in [5.74, 6) is 1.66. The highest BCUT2D eigenvalue weighted by Gasteiger charge is 1.99. The molecule has 0 saturated carbocycles. The lowest BCUT2D eigenvalue weighted by atomic mass is 10.2. The molecule has 0 spiro atoms. The zero-order valence-electron chi connectivity index (χ0n) is 6.34. The highest BCUT2D eigenvalue weighted by molar-refractivity contribution is 8.00. The summed E-state index contributed by atoms with van der Waals surface area (Å²) in [6.07, 6.45) is 0. The Morgan fingerprint density at radius 3 is 2.67 bits per heavy atom. The molecule has 0 aliphatic carbocycles. The zero-order valence-corrected chi connectivity index (χ0v) is 7.16. The molecule has 0 N–H and O–H groups in total. The van der Waals surface area contributed by atoms with Crippen LogP contribution >= 0.6 is 11.8 Å². The van der Waals surface area contributed by atoms with Crippen LogP contribution in [0, 0.1) is 16.0 Å². The van der Waals surface area contributed by atoms with Crippen molar-refractivity contribution < 1.29 is 4.92 Å². The summed E-state index contributed by atoms with van der Waals surface area (Å²) in [6, 6.07) is 9.65. The van der Waals surface area contributed by atoms with E-state index >= 15 is 0 Å². The lowest BCUT2D eigenvalue weighted by molar-refractivity contribution is -0.419. The first-order chi connectivity index (χ1) is 5.79. The van der Waals surface area contributed by atoms with Crippen LogP contribution in [-0.4, -0.2) is 4.92 Å². The van der Waals surface area contributed by atoms with Gasteiger partial charge >= 0.3 is 5.88 Å². The summed E-state index contributed by atoms with van der Waals surface area (Å²) in [5, 5.41) is 9.92. The normalized spacial score (nSPS) is 9.67. The molecule has 4 heteroatoms. The molecule has 0 atom stereocenters. The van der Waals surface area contributed by atoms with Crippen molar-refractivity contribution in [3.05, 3.63) is 51.9 Å². The van der Waals surface area contributed by atoms with Crippen LogP contribution in [0.1, 0.15) is 5.56 Å². The molecule has 12 heavy (non-hydrogen) atoms. The second-order valence-corrected chi connectivity index (χ2v) is 3.02. The van der Waals surface area contributed by atoms with Gasteiger partial charge in [-0.1, -0.05) is 42.1 Å². The number of hydrogen-bond acceptors (Lipinski definition) is 3. The smallest absolute Gasteiger partial charge is 0.263 e. The van der Waals surface area contributed by atoms with E-state index in [-0.39, 0.29) is 0 Å². The average Bonchev–Trinajstić information content (AvgIpc) is 2.05. The van der Waals surface area contributed by atoms with Crippen LogP contribution in [-0.2, 0) is 5.75 Å². The highest BCUT2D eigenvalue weighted by Crippen LogP contribution is 2.13. The van der Waals surface area contributed by atoms with E-state index < -0.39 is 4.92 Å². The number of thioether (sulfide) groups is 1. The number of nitro groups is 1. The van der Waals surface area contributed by atoms with E-state index in [1.54, 1.807) is 0 Å². The molecule has 0 bridgehead atoms. The largest absolute Gasteiger partial charge is 0.334 e. The van der Waals surface area contributed by atoms with Gasteiger partial charge in [0.05, 0.1) is 0 Å². The van der Waals surface area contributed by atoms with Crippen molar-refractivity contribution in [2.75, 3.05) is 0 Å². The molecule has 0 aliphatic rings. The Balaban J connectivity index is 2.29. The Morgan fingerprint density at radius 1 is 1.42 bits per heavy atom. The quantitative estimate of drug-likeness (QED) is 0.530. The SMILES string of the molecule is O=[N+]([O-])[CH]SCc1ccccc1. The molecular formula is C8H8NO2S. The molecule has 1 aromatic rings. The van der Waals surface area contributed by atoms with Gasteiger partial charge in [0.15, 0.2) is 0 Å². The van der Waals surface area contributed by atoms with E-state index in [1.165, 1.54) is 11.8 Å². The maximum atomic E-state index is 9.92. The summed E-state index contributed by atoms with van der Waals surface area (Å²) >= 11 is 1.19. The minimum atomic E-state index is -0.437. The van der Waals surface area contributed by atoms with Crippen LogP contribution < -0.4 is 0 Å². The first-order valence-corrected chi connectivity index (χ1v) is 4.46. The van der Waals surface area contributed by atoms with E-state index in [9.17, 15) is 10.1 Å². The monoisotopic (exact) mass is 182 g/mol. The Morgan fingerprint density at radius 2 is 2.08 bits per heavy atom. The van der Waals surface area contributed by atoms with Crippen molar-refractivity contribution in [1.29, 1.82) is 0 Å². The second-order valence-electron chi connectivity index (χ2n) is 2.19. The van der Waals surface area contributed by atoms with E-state index in [1.807, 2.05) is 30.3 Å². The first kappa shape index (κ1) is 9.06. The van der Waals surface area contributed by atoms with Crippen molar-refractivity contribution in [2.24, 2.45) is 0 Å². The Kier molecular flexibility index (Phi) is 3.60. The first-order valence-electron chi connectivity index (χ1n) is 3.41. The predicted molar refractivity (Wildman–Crippen MR) is 49.0 cm³/mol. The third-order valence-corrected chi connectivity index (χ3v) is 2.07. The van der Waals surface area contributed by atoms with Crippen LogP contribution in [0.5, 0.6) is 0 Å². The van der Waals surface area contributed by atoms with E-state index in [2.05, 4.69) is 0 Å². The maximum absolute atomic E-state index is 9.92. The second kappa shape index (κ2) is 4.77. The Labute approximate surface area is 74.9 Å².